The lowest BCUT2D eigenvalue weighted by Crippen LogP contribution is -2.36. The van der Waals surface area contributed by atoms with Gasteiger partial charge in [-0.05, 0) is 42.9 Å². The number of nitrogens with zero attached hydrogens (tertiary/aromatic N) is 1. The van der Waals surface area contributed by atoms with E-state index in [0.717, 1.165) is 37.9 Å². The van der Waals surface area contributed by atoms with Crippen molar-refractivity contribution in [2.45, 2.75) is 46.1 Å². The van der Waals surface area contributed by atoms with E-state index in [1.807, 2.05) is 23.1 Å². The van der Waals surface area contributed by atoms with Gasteiger partial charge >= 0.3 is 0 Å². The molecule has 0 aliphatic carbocycles. The fraction of sp³-hybridized carbons (Fsp3) is 0.550. The first kappa shape index (κ1) is 19.9. The Kier molecular flexibility index (Phi) is 7.63. The third kappa shape index (κ3) is 6.50. The van der Waals surface area contributed by atoms with Crippen molar-refractivity contribution in [2.75, 3.05) is 19.6 Å². The summed E-state index contributed by atoms with van der Waals surface area (Å²) in [6, 6.07) is 7.34. The predicted octanol–water partition coefficient (Wildman–Crippen LogP) is 2.09. The Bertz CT molecular complexity index is 637. The molecule has 0 spiro atoms. The van der Waals surface area contributed by atoms with Crippen LogP contribution in [0.4, 0.5) is 0 Å². The first-order valence-electron chi connectivity index (χ1n) is 9.37. The normalized spacial score (nSPS) is 13.7. The first-order valence-corrected chi connectivity index (χ1v) is 9.37. The SMILES string of the molecule is CC(C)CCC(=O)NCC(=O)NCc1cccc(C(=O)N2CCCC2)c1. The largest absolute Gasteiger partial charge is 0.350 e. The quantitative estimate of drug-likeness (QED) is 0.746. The highest BCUT2D eigenvalue weighted by Gasteiger charge is 2.19. The lowest BCUT2D eigenvalue weighted by atomic mass is 10.1. The summed E-state index contributed by atoms with van der Waals surface area (Å²) in [7, 11) is 0. The minimum absolute atomic E-state index is 0.0245. The summed E-state index contributed by atoms with van der Waals surface area (Å²) in [6.45, 7) is 6.06. The molecule has 0 unspecified atom stereocenters. The standard InChI is InChI=1S/C20H29N3O3/c1-15(2)8-9-18(24)22-14-19(25)21-13-16-6-5-7-17(12-16)20(26)23-10-3-4-11-23/h5-7,12,15H,3-4,8-11,13-14H2,1-2H3,(H,21,25)(H,22,24). The molecule has 3 amide bonds. The first-order chi connectivity index (χ1) is 12.5. The van der Waals surface area contributed by atoms with Gasteiger partial charge in [-0.1, -0.05) is 26.0 Å². The van der Waals surface area contributed by atoms with Crippen molar-refractivity contribution < 1.29 is 14.4 Å². The molecular weight excluding hydrogens is 330 g/mol. The highest BCUT2D eigenvalue weighted by atomic mass is 16.2. The number of rotatable bonds is 8. The highest BCUT2D eigenvalue weighted by molar-refractivity contribution is 5.94. The molecule has 1 aliphatic rings. The van der Waals surface area contributed by atoms with Crippen molar-refractivity contribution in [2.24, 2.45) is 5.92 Å². The maximum atomic E-state index is 12.4. The summed E-state index contributed by atoms with van der Waals surface area (Å²) in [4.78, 5) is 37.8. The average molecular weight is 359 g/mol. The zero-order valence-electron chi connectivity index (χ0n) is 15.7. The van der Waals surface area contributed by atoms with E-state index in [4.69, 9.17) is 0 Å². The van der Waals surface area contributed by atoms with Gasteiger partial charge in [-0.15, -0.1) is 0 Å². The van der Waals surface area contributed by atoms with E-state index in [-0.39, 0.29) is 24.3 Å². The second-order valence-electron chi connectivity index (χ2n) is 7.19. The van der Waals surface area contributed by atoms with E-state index >= 15 is 0 Å². The third-order valence-corrected chi connectivity index (χ3v) is 4.45. The molecular formula is C20H29N3O3. The van der Waals surface area contributed by atoms with E-state index < -0.39 is 0 Å². The molecule has 0 atom stereocenters. The van der Waals surface area contributed by atoms with E-state index in [1.165, 1.54) is 0 Å². The van der Waals surface area contributed by atoms with Gasteiger partial charge in [-0.25, -0.2) is 0 Å². The summed E-state index contributed by atoms with van der Waals surface area (Å²) in [6.07, 6.45) is 3.37. The number of nitrogens with one attached hydrogen (secondary N) is 2. The van der Waals surface area contributed by atoms with Crippen LogP contribution in [-0.4, -0.2) is 42.3 Å². The lowest BCUT2D eigenvalue weighted by Gasteiger charge is -2.15. The van der Waals surface area contributed by atoms with Crippen molar-refractivity contribution >= 4 is 17.7 Å². The smallest absolute Gasteiger partial charge is 0.253 e. The fourth-order valence-electron chi connectivity index (χ4n) is 2.87. The van der Waals surface area contributed by atoms with Crippen LogP contribution in [-0.2, 0) is 16.1 Å². The maximum Gasteiger partial charge on any atom is 0.253 e. The number of benzene rings is 1. The van der Waals surface area contributed by atoms with Crippen LogP contribution in [0.15, 0.2) is 24.3 Å². The van der Waals surface area contributed by atoms with Crippen LogP contribution in [0.25, 0.3) is 0 Å². The van der Waals surface area contributed by atoms with Crippen LogP contribution in [0.2, 0.25) is 0 Å². The number of hydrogen-bond acceptors (Lipinski definition) is 3. The lowest BCUT2D eigenvalue weighted by molar-refractivity contribution is -0.126. The maximum absolute atomic E-state index is 12.4. The number of likely N-dealkylation sites (tertiary alicyclic amines) is 1. The Hall–Kier alpha value is -2.37. The van der Waals surface area contributed by atoms with Crippen molar-refractivity contribution in [3.05, 3.63) is 35.4 Å². The van der Waals surface area contributed by atoms with Gasteiger partial charge in [0.1, 0.15) is 0 Å². The molecule has 142 valence electrons. The van der Waals surface area contributed by atoms with Gasteiger partial charge in [0.2, 0.25) is 11.8 Å². The zero-order chi connectivity index (χ0) is 18.9. The van der Waals surface area contributed by atoms with Crippen molar-refractivity contribution in [1.82, 2.24) is 15.5 Å². The number of carbonyl (C=O) groups excluding carboxylic acids is 3. The summed E-state index contributed by atoms with van der Waals surface area (Å²) in [5.41, 5.74) is 1.52. The molecule has 0 saturated carbocycles. The summed E-state index contributed by atoms with van der Waals surface area (Å²) < 4.78 is 0. The van der Waals surface area contributed by atoms with Gasteiger partial charge in [0.05, 0.1) is 6.54 Å². The van der Waals surface area contributed by atoms with Crippen molar-refractivity contribution in [3.8, 4) is 0 Å². The van der Waals surface area contributed by atoms with Gasteiger partial charge in [-0.3, -0.25) is 14.4 Å². The molecule has 6 nitrogen and oxygen atoms in total. The fourth-order valence-corrected chi connectivity index (χ4v) is 2.87. The van der Waals surface area contributed by atoms with Gasteiger partial charge in [-0.2, -0.15) is 0 Å². The molecule has 1 aromatic rings. The minimum atomic E-state index is -0.237. The molecule has 2 rings (SSSR count). The average Bonchev–Trinajstić information content (AvgIpc) is 3.17. The van der Waals surface area contributed by atoms with Crippen LogP contribution in [0, 0.1) is 5.92 Å². The van der Waals surface area contributed by atoms with Gasteiger partial charge in [0.15, 0.2) is 0 Å². The van der Waals surface area contributed by atoms with Crippen molar-refractivity contribution in [1.29, 1.82) is 0 Å². The van der Waals surface area contributed by atoms with Crippen LogP contribution in [0.1, 0.15) is 55.5 Å². The van der Waals surface area contributed by atoms with E-state index in [1.54, 1.807) is 6.07 Å². The molecule has 1 heterocycles. The van der Waals surface area contributed by atoms with Crippen LogP contribution in [0.5, 0.6) is 0 Å². The summed E-state index contributed by atoms with van der Waals surface area (Å²) in [5, 5.41) is 5.41. The molecule has 1 aromatic carbocycles. The number of amides is 3. The molecule has 6 heteroatoms. The van der Waals surface area contributed by atoms with Crippen LogP contribution < -0.4 is 10.6 Å². The van der Waals surface area contributed by atoms with Gasteiger partial charge in [0, 0.05) is 31.6 Å². The topological polar surface area (TPSA) is 78.5 Å². The molecule has 1 saturated heterocycles. The Labute approximate surface area is 155 Å². The Morgan fingerprint density at radius 3 is 2.50 bits per heavy atom. The Morgan fingerprint density at radius 1 is 1.08 bits per heavy atom. The van der Waals surface area contributed by atoms with Gasteiger partial charge in [0.25, 0.3) is 5.91 Å². The van der Waals surface area contributed by atoms with Gasteiger partial charge < -0.3 is 15.5 Å². The van der Waals surface area contributed by atoms with E-state index in [9.17, 15) is 14.4 Å². The molecule has 0 aromatic heterocycles. The Balaban J connectivity index is 1.76. The molecule has 1 aliphatic heterocycles. The molecule has 0 radical (unpaired) electrons. The predicted molar refractivity (Wildman–Crippen MR) is 101 cm³/mol. The second-order valence-corrected chi connectivity index (χ2v) is 7.19. The molecule has 0 bridgehead atoms. The number of hydrogen-bond donors (Lipinski definition) is 2. The van der Waals surface area contributed by atoms with E-state index in [2.05, 4.69) is 24.5 Å². The summed E-state index contributed by atoms with van der Waals surface area (Å²) >= 11 is 0. The van der Waals surface area contributed by atoms with E-state index in [0.29, 0.717) is 24.4 Å². The molecule has 26 heavy (non-hydrogen) atoms. The third-order valence-electron chi connectivity index (χ3n) is 4.45. The zero-order valence-corrected chi connectivity index (χ0v) is 15.7. The number of carbonyl (C=O) groups is 3. The second kappa shape index (κ2) is 9.94. The van der Waals surface area contributed by atoms with Crippen LogP contribution in [0.3, 0.4) is 0 Å². The molecule has 1 fully saturated rings. The summed E-state index contributed by atoms with van der Waals surface area (Å²) in [5.74, 6) is 0.171. The van der Waals surface area contributed by atoms with Crippen LogP contribution >= 0.6 is 0 Å². The minimum Gasteiger partial charge on any atom is -0.350 e. The monoisotopic (exact) mass is 359 g/mol. The highest BCUT2D eigenvalue weighted by Crippen LogP contribution is 2.14. The molecule has 2 N–H and O–H groups in total. The van der Waals surface area contributed by atoms with Crippen molar-refractivity contribution in [3.63, 3.8) is 0 Å². The Morgan fingerprint density at radius 2 is 1.81 bits per heavy atom.